The quantitative estimate of drug-likeness (QED) is 0.635. The molecule has 0 aliphatic heterocycles. The smallest absolute Gasteiger partial charge is 0.312 e. The molecule has 2 aromatic carbocycles. The van der Waals surface area contributed by atoms with Gasteiger partial charge in [0.25, 0.3) is 0 Å². The molecule has 0 N–H and O–H groups in total. The zero-order valence-corrected chi connectivity index (χ0v) is 17.7. The number of carbonyl (C=O) groups excluding carboxylic acids is 1. The minimum atomic E-state index is -0.479. The number of hydrogen-bond acceptors (Lipinski definition) is 5. The molecule has 1 aliphatic rings. The molecular formula is C24H30O5. The first kappa shape index (κ1) is 21.2. The lowest BCUT2D eigenvalue weighted by Gasteiger charge is -2.37. The maximum absolute atomic E-state index is 12.6. The van der Waals surface area contributed by atoms with Crippen LogP contribution in [0.3, 0.4) is 0 Å². The number of carbonyl (C=O) groups is 1. The lowest BCUT2D eigenvalue weighted by atomic mass is 9.69. The Bertz CT molecular complexity index is 797. The zero-order valence-electron chi connectivity index (χ0n) is 17.7. The summed E-state index contributed by atoms with van der Waals surface area (Å²) in [6.07, 6.45) is 4.21. The van der Waals surface area contributed by atoms with Gasteiger partial charge in [0.2, 0.25) is 0 Å². The van der Waals surface area contributed by atoms with Crippen LogP contribution in [0.15, 0.2) is 42.5 Å². The Morgan fingerprint density at radius 1 is 0.931 bits per heavy atom. The summed E-state index contributed by atoms with van der Waals surface area (Å²) in [7, 11) is 6.52. The van der Waals surface area contributed by atoms with Crippen LogP contribution in [0.5, 0.6) is 11.5 Å². The van der Waals surface area contributed by atoms with Gasteiger partial charge in [0, 0.05) is 7.11 Å². The van der Waals surface area contributed by atoms with Gasteiger partial charge in [-0.2, -0.15) is 0 Å². The van der Waals surface area contributed by atoms with Crippen molar-refractivity contribution in [3.63, 3.8) is 0 Å². The van der Waals surface area contributed by atoms with Crippen LogP contribution < -0.4 is 9.47 Å². The number of ether oxygens (including phenoxy) is 4. The maximum atomic E-state index is 12.6. The summed E-state index contributed by atoms with van der Waals surface area (Å²) in [6, 6.07) is 14.0. The Balaban J connectivity index is 1.86. The minimum Gasteiger partial charge on any atom is -0.496 e. The Kier molecular flexibility index (Phi) is 6.80. The normalized spacial score (nSPS) is 21.4. The second kappa shape index (κ2) is 9.31. The van der Waals surface area contributed by atoms with E-state index in [1.165, 1.54) is 7.11 Å². The van der Waals surface area contributed by atoms with Gasteiger partial charge >= 0.3 is 5.97 Å². The van der Waals surface area contributed by atoms with Gasteiger partial charge in [-0.15, -0.1) is 0 Å². The molecule has 29 heavy (non-hydrogen) atoms. The topological polar surface area (TPSA) is 54.0 Å². The molecule has 0 unspecified atom stereocenters. The predicted molar refractivity (Wildman–Crippen MR) is 112 cm³/mol. The van der Waals surface area contributed by atoms with Crippen molar-refractivity contribution in [2.75, 3.05) is 28.4 Å². The summed E-state index contributed by atoms with van der Waals surface area (Å²) in [5.74, 6) is 1.41. The maximum Gasteiger partial charge on any atom is 0.312 e. The summed E-state index contributed by atoms with van der Waals surface area (Å²) < 4.78 is 21.7. The highest BCUT2D eigenvalue weighted by molar-refractivity contribution is 5.78. The van der Waals surface area contributed by atoms with Crippen LogP contribution in [-0.2, 0) is 20.7 Å². The van der Waals surface area contributed by atoms with Crippen molar-refractivity contribution in [1.29, 1.82) is 0 Å². The van der Waals surface area contributed by atoms with E-state index < -0.39 is 5.41 Å². The Morgan fingerprint density at radius 2 is 1.52 bits per heavy atom. The van der Waals surface area contributed by atoms with Crippen molar-refractivity contribution >= 4 is 5.97 Å². The lowest BCUT2D eigenvalue weighted by molar-refractivity contribution is -0.156. The first-order valence-corrected chi connectivity index (χ1v) is 9.98. The first-order chi connectivity index (χ1) is 14.1. The molecule has 5 heteroatoms. The van der Waals surface area contributed by atoms with Crippen LogP contribution in [0.4, 0.5) is 0 Å². The molecule has 0 spiro atoms. The lowest BCUT2D eigenvalue weighted by Crippen LogP contribution is -2.40. The Hall–Kier alpha value is -2.53. The van der Waals surface area contributed by atoms with Crippen LogP contribution >= 0.6 is 0 Å². The highest BCUT2D eigenvalue weighted by atomic mass is 16.5. The Labute approximate surface area is 172 Å². The summed E-state index contributed by atoms with van der Waals surface area (Å²) in [5.41, 5.74) is 2.57. The highest BCUT2D eigenvalue weighted by Gasteiger charge is 2.42. The molecule has 5 nitrogen and oxygen atoms in total. The third-order valence-corrected chi connectivity index (χ3v) is 6.05. The van der Waals surface area contributed by atoms with Crippen molar-refractivity contribution in [1.82, 2.24) is 0 Å². The van der Waals surface area contributed by atoms with E-state index in [-0.39, 0.29) is 12.1 Å². The van der Waals surface area contributed by atoms with E-state index in [0.717, 1.165) is 53.9 Å². The van der Waals surface area contributed by atoms with Crippen LogP contribution in [0.2, 0.25) is 0 Å². The van der Waals surface area contributed by atoms with Gasteiger partial charge in [-0.1, -0.05) is 30.3 Å². The number of rotatable bonds is 7. The molecule has 1 saturated carbocycles. The molecule has 0 atom stereocenters. The average Bonchev–Trinajstić information content (AvgIpc) is 2.78. The number of hydrogen-bond donors (Lipinski definition) is 0. The second-order valence-corrected chi connectivity index (χ2v) is 7.62. The molecule has 0 aromatic heterocycles. The van der Waals surface area contributed by atoms with Gasteiger partial charge in [-0.25, -0.2) is 0 Å². The first-order valence-electron chi connectivity index (χ1n) is 9.98. The monoisotopic (exact) mass is 398 g/mol. The average molecular weight is 398 g/mol. The largest absolute Gasteiger partial charge is 0.496 e. The zero-order chi connectivity index (χ0) is 20.9. The van der Waals surface area contributed by atoms with Crippen LogP contribution in [0.25, 0.3) is 11.1 Å². The van der Waals surface area contributed by atoms with E-state index in [1.807, 2.05) is 18.2 Å². The summed E-state index contributed by atoms with van der Waals surface area (Å²) in [6.45, 7) is 0. The van der Waals surface area contributed by atoms with Gasteiger partial charge in [-0.3, -0.25) is 4.79 Å². The predicted octanol–water partition coefficient (Wildman–Crippen LogP) is 4.66. The highest BCUT2D eigenvalue weighted by Crippen LogP contribution is 2.42. The fourth-order valence-electron chi connectivity index (χ4n) is 4.36. The second-order valence-electron chi connectivity index (χ2n) is 7.62. The van der Waals surface area contributed by atoms with Gasteiger partial charge in [-0.05, 0) is 55.4 Å². The molecule has 0 radical (unpaired) electrons. The fourth-order valence-corrected chi connectivity index (χ4v) is 4.36. The number of esters is 1. The molecule has 0 heterocycles. The fraction of sp³-hybridized carbons (Fsp3) is 0.458. The Morgan fingerprint density at radius 3 is 2.00 bits per heavy atom. The van der Waals surface area contributed by atoms with E-state index in [1.54, 1.807) is 21.3 Å². The van der Waals surface area contributed by atoms with Crippen molar-refractivity contribution in [2.24, 2.45) is 5.41 Å². The molecule has 2 aromatic rings. The van der Waals surface area contributed by atoms with Gasteiger partial charge < -0.3 is 18.9 Å². The summed E-state index contributed by atoms with van der Waals surface area (Å²) >= 11 is 0. The van der Waals surface area contributed by atoms with E-state index in [4.69, 9.17) is 18.9 Å². The van der Waals surface area contributed by atoms with Gasteiger partial charge in [0.15, 0.2) is 0 Å². The van der Waals surface area contributed by atoms with E-state index in [2.05, 4.69) is 24.3 Å². The molecule has 0 bridgehead atoms. The van der Waals surface area contributed by atoms with Gasteiger partial charge in [0.1, 0.15) is 11.5 Å². The van der Waals surface area contributed by atoms with Crippen LogP contribution in [0, 0.1) is 5.41 Å². The van der Waals surface area contributed by atoms with Crippen LogP contribution in [0.1, 0.15) is 31.2 Å². The molecule has 156 valence electrons. The van der Waals surface area contributed by atoms with Crippen molar-refractivity contribution in [3.05, 3.63) is 48.0 Å². The number of benzene rings is 2. The minimum absolute atomic E-state index is 0.123. The van der Waals surface area contributed by atoms with E-state index >= 15 is 0 Å². The molecule has 0 amide bonds. The summed E-state index contributed by atoms with van der Waals surface area (Å²) in [5, 5.41) is 0. The third-order valence-electron chi connectivity index (χ3n) is 6.05. The van der Waals surface area contributed by atoms with Crippen molar-refractivity contribution in [2.45, 2.75) is 38.2 Å². The SMILES string of the molecule is COC(=O)C1(Cc2ccc(-c3c(OC)cccc3OC)cc2)CCC(OC)CC1. The van der Waals surface area contributed by atoms with Gasteiger partial charge in [0.05, 0.1) is 38.4 Å². The molecular weight excluding hydrogens is 368 g/mol. The van der Waals surface area contributed by atoms with Crippen LogP contribution in [-0.4, -0.2) is 40.5 Å². The third kappa shape index (κ3) is 4.40. The molecule has 0 saturated heterocycles. The number of methoxy groups -OCH3 is 4. The molecule has 3 rings (SSSR count). The van der Waals surface area contributed by atoms with Crippen molar-refractivity contribution < 1.29 is 23.7 Å². The molecule has 1 aliphatic carbocycles. The standard InChI is InChI=1S/C24H30O5/c1-26-19-12-14-24(15-13-19,23(25)29-4)16-17-8-10-18(11-9-17)22-20(27-2)6-5-7-21(22)28-3/h5-11,19H,12-16H2,1-4H3. The summed E-state index contributed by atoms with van der Waals surface area (Å²) in [4.78, 5) is 12.6. The van der Waals surface area contributed by atoms with E-state index in [9.17, 15) is 4.79 Å². The van der Waals surface area contributed by atoms with E-state index in [0.29, 0.717) is 6.42 Å². The van der Waals surface area contributed by atoms with Crippen molar-refractivity contribution in [3.8, 4) is 22.6 Å². The molecule has 1 fully saturated rings.